The van der Waals surface area contributed by atoms with E-state index in [2.05, 4.69) is 42.4 Å². The molecule has 3 rings (SSSR count). The van der Waals surface area contributed by atoms with E-state index in [0.29, 0.717) is 12.1 Å². The highest BCUT2D eigenvalue weighted by atomic mass is 16.5. The Morgan fingerprint density at radius 3 is 2.56 bits per heavy atom. The highest BCUT2D eigenvalue weighted by molar-refractivity contribution is 6.18. The minimum atomic E-state index is -0.334. The summed E-state index contributed by atoms with van der Waals surface area (Å²) in [6.07, 6.45) is 1.83. The molecule has 0 N–H and O–H groups in total. The summed E-state index contributed by atoms with van der Waals surface area (Å²) in [7, 11) is 1.41. The molecule has 0 saturated carbocycles. The topological polar surface area (TPSA) is 29.5 Å². The highest BCUT2D eigenvalue weighted by Crippen LogP contribution is 2.39. The third-order valence-electron chi connectivity index (χ3n) is 4.75. The fourth-order valence-corrected chi connectivity index (χ4v) is 3.35. The summed E-state index contributed by atoms with van der Waals surface area (Å²) in [5.41, 5.74) is 5.50. The van der Waals surface area contributed by atoms with Gasteiger partial charge in [-0.3, -0.25) is 0 Å². The number of nitrogens with zero attached hydrogens (tertiary/aromatic N) is 1. The summed E-state index contributed by atoms with van der Waals surface area (Å²) >= 11 is 0. The van der Waals surface area contributed by atoms with Crippen molar-refractivity contribution in [2.24, 2.45) is 0 Å². The van der Waals surface area contributed by atoms with Gasteiger partial charge in [0.15, 0.2) is 0 Å². The Kier molecular flexibility index (Phi) is 5.47. The first-order valence-electron chi connectivity index (χ1n) is 8.91. The molecule has 1 heterocycles. The molecule has 3 nitrogen and oxygen atoms in total. The van der Waals surface area contributed by atoms with Crippen LogP contribution in [0.1, 0.15) is 35.2 Å². The summed E-state index contributed by atoms with van der Waals surface area (Å²) < 4.78 is 5.03. The predicted molar refractivity (Wildman–Crippen MR) is 109 cm³/mol. The molecule has 0 spiro atoms. The fourth-order valence-electron chi connectivity index (χ4n) is 3.35. The van der Waals surface area contributed by atoms with Gasteiger partial charge in [0.2, 0.25) is 0 Å². The van der Waals surface area contributed by atoms with Crippen molar-refractivity contribution in [3.63, 3.8) is 0 Å². The number of carbonyl (C=O) groups excluding carboxylic acids is 1. The number of ether oxygens (including phenoxy) is 1. The molecule has 1 unspecified atom stereocenters. The molecule has 0 aromatic heterocycles. The molecular formula is C24H23NO2. The van der Waals surface area contributed by atoms with E-state index in [4.69, 9.17) is 4.74 Å². The second-order valence-electron chi connectivity index (χ2n) is 6.52. The summed E-state index contributed by atoms with van der Waals surface area (Å²) in [5, 5.41) is 0. The first-order chi connectivity index (χ1) is 13.1. The first kappa shape index (κ1) is 18.5. The van der Waals surface area contributed by atoms with Crippen LogP contribution < -0.4 is 0 Å². The minimum absolute atomic E-state index is 0.158. The van der Waals surface area contributed by atoms with Gasteiger partial charge < -0.3 is 9.64 Å². The molecule has 0 aliphatic carbocycles. The Morgan fingerprint density at radius 1 is 1.19 bits per heavy atom. The zero-order valence-electron chi connectivity index (χ0n) is 16.0. The van der Waals surface area contributed by atoms with Crippen molar-refractivity contribution in [2.45, 2.75) is 19.9 Å². The van der Waals surface area contributed by atoms with E-state index in [0.717, 1.165) is 22.4 Å². The number of methoxy groups -OCH3 is 1. The summed E-state index contributed by atoms with van der Waals surface area (Å²) in [6.45, 7) is 8.46. The second kappa shape index (κ2) is 7.97. The average molecular weight is 357 g/mol. The van der Waals surface area contributed by atoms with Gasteiger partial charge in [-0.1, -0.05) is 59.9 Å². The lowest BCUT2D eigenvalue weighted by Gasteiger charge is -2.37. The van der Waals surface area contributed by atoms with Gasteiger partial charge in [0.1, 0.15) is 6.04 Å². The van der Waals surface area contributed by atoms with E-state index in [-0.39, 0.29) is 12.0 Å². The molecule has 0 bridgehead atoms. The molecule has 0 amide bonds. The van der Waals surface area contributed by atoms with Crippen molar-refractivity contribution in [3.8, 4) is 11.8 Å². The van der Waals surface area contributed by atoms with Crippen LogP contribution in [0.25, 0.3) is 5.57 Å². The van der Waals surface area contributed by atoms with Gasteiger partial charge in [0, 0.05) is 17.8 Å². The number of benzene rings is 2. The summed E-state index contributed by atoms with van der Waals surface area (Å²) in [6, 6.07) is 15.9. The van der Waals surface area contributed by atoms with Crippen molar-refractivity contribution in [2.75, 3.05) is 13.7 Å². The molecule has 0 saturated heterocycles. The maximum atomic E-state index is 12.4. The number of aryl methyl sites for hydroxylation is 1. The largest absolute Gasteiger partial charge is 0.465 e. The molecule has 1 atom stereocenters. The van der Waals surface area contributed by atoms with E-state index < -0.39 is 0 Å². The smallest absolute Gasteiger partial charge is 0.340 e. The van der Waals surface area contributed by atoms with Crippen molar-refractivity contribution in [1.29, 1.82) is 0 Å². The predicted octanol–water partition coefficient (Wildman–Crippen LogP) is 4.49. The Labute approximate surface area is 161 Å². The van der Waals surface area contributed by atoms with Gasteiger partial charge in [-0.15, -0.1) is 6.58 Å². The average Bonchev–Trinajstić information content (AvgIpc) is 2.69. The Hall–Kier alpha value is -3.25. The van der Waals surface area contributed by atoms with E-state index in [1.165, 1.54) is 12.7 Å². The van der Waals surface area contributed by atoms with E-state index in [1.54, 1.807) is 0 Å². The Morgan fingerprint density at radius 2 is 1.89 bits per heavy atom. The molecule has 27 heavy (non-hydrogen) atoms. The zero-order chi connectivity index (χ0) is 19.4. The van der Waals surface area contributed by atoms with Gasteiger partial charge in [0.05, 0.1) is 12.7 Å². The van der Waals surface area contributed by atoms with Crippen molar-refractivity contribution < 1.29 is 9.53 Å². The molecule has 1 aliphatic heterocycles. The number of fused-ring (bicyclic) bond motifs is 1. The normalized spacial score (nSPS) is 15.5. The number of esters is 1. The second-order valence-corrected chi connectivity index (χ2v) is 6.52. The van der Waals surface area contributed by atoms with Crippen LogP contribution in [0.15, 0.2) is 66.9 Å². The number of allylic oxidation sites excluding steroid dienone is 1. The highest BCUT2D eigenvalue weighted by Gasteiger charge is 2.32. The lowest BCUT2D eigenvalue weighted by molar-refractivity contribution is -0.133. The van der Waals surface area contributed by atoms with E-state index >= 15 is 0 Å². The molecule has 1 aliphatic rings. The lowest BCUT2D eigenvalue weighted by atomic mass is 9.88. The summed E-state index contributed by atoms with van der Waals surface area (Å²) in [5.74, 6) is 6.35. The minimum Gasteiger partial charge on any atom is -0.465 e. The van der Waals surface area contributed by atoms with Crippen molar-refractivity contribution >= 4 is 11.5 Å². The number of carbonyl (C=O) groups is 1. The standard InChI is InChI=1S/C24H23NO2/c1-5-16-25-18(3)23(24(26)27-4)21-9-7-6-8-20(21)22(25)15-14-19-12-10-17(2)11-13-19/h5-13,22H,1,16H2,2-4H3. The van der Waals surface area contributed by atoms with E-state index in [1.807, 2.05) is 49.4 Å². The molecule has 2 aromatic rings. The molecule has 2 aromatic carbocycles. The first-order valence-corrected chi connectivity index (χ1v) is 8.91. The van der Waals surface area contributed by atoms with E-state index in [9.17, 15) is 4.79 Å². The van der Waals surface area contributed by atoms with Crippen molar-refractivity contribution in [3.05, 3.63) is 89.1 Å². The van der Waals surface area contributed by atoms with Crippen LogP contribution in [0.4, 0.5) is 0 Å². The Balaban J connectivity index is 2.13. The molecular weight excluding hydrogens is 334 g/mol. The third kappa shape index (κ3) is 3.66. The number of rotatable bonds is 3. The molecule has 3 heteroatoms. The monoisotopic (exact) mass is 357 g/mol. The van der Waals surface area contributed by atoms with Crippen LogP contribution in [0, 0.1) is 18.8 Å². The third-order valence-corrected chi connectivity index (χ3v) is 4.75. The van der Waals surface area contributed by atoms with Gasteiger partial charge in [-0.05, 0) is 37.1 Å². The number of hydrogen-bond donors (Lipinski definition) is 0. The van der Waals surface area contributed by atoms with Crippen LogP contribution in [-0.2, 0) is 9.53 Å². The van der Waals surface area contributed by atoms with Crippen molar-refractivity contribution in [1.82, 2.24) is 4.90 Å². The number of hydrogen-bond acceptors (Lipinski definition) is 3. The maximum Gasteiger partial charge on any atom is 0.340 e. The Bertz CT molecular complexity index is 958. The lowest BCUT2D eigenvalue weighted by Crippen LogP contribution is -2.33. The van der Waals surface area contributed by atoms with Gasteiger partial charge in [0.25, 0.3) is 0 Å². The molecule has 0 radical (unpaired) electrons. The van der Waals surface area contributed by atoms with Crippen LogP contribution in [0.3, 0.4) is 0 Å². The zero-order valence-corrected chi connectivity index (χ0v) is 16.0. The maximum absolute atomic E-state index is 12.4. The fraction of sp³-hybridized carbons (Fsp3) is 0.208. The van der Waals surface area contributed by atoms with Crippen LogP contribution in [0.2, 0.25) is 0 Å². The van der Waals surface area contributed by atoms with Crippen LogP contribution in [0.5, 0.6) is 0 Å². The SMILES string of the molecule is C=CCN1C(C)=C(C(=O)OC)c2ccccc2C1C#Cc1ccc(C)cc1. The molecule has 0 fully saturated rings. The van der Waals surface area contributed by atoms with Gasteiger partial charge in [-0.25, -0.2) is 4.79 Å². The molecule has 136 valence electrons. The van der Waals surface area contributed by atoms with Crippen LogP contribution >= 0.6 is 0 Å². The van der Waals surface area contributed by atoms with Gasteiger partial charge in [-0.2, -0.15) is 0 Å². The van der Waals surface area contributed by atoms with Crippen LogP contribution in [-0.4, -0.2) is 24.5 Å². The quantitative estimate of drug-likeness (QED) is 0.460. The summed E-state index contributed by atoms with van der Waals surface area (Å²) in [4.78, 5) is 14.5. The van der Waals surface area contributed by atoms with Gasteiger partial charge >= 0.3 is 5.97 Å².